The van der Waals surface area contributed by atoms with Gasteiger partial charge in [-0.15, -0.1) is 0 Å². The van der Waals surface area contributed by atoms with E-state index in [0.717, 1.165) is 0 Å². The van der Waals surface area contributed by atoms with Gasteiger partial charge >= 0.3 is 5.97 Å². The molecule has 1 rings (SSSR count). The number of hydrogen-bond donors (Lipinski definition) is 2. The standard InChI is InChI=1S/C11H21NO2/c12-8-10(7-11(13)14)9-5-3-1-2-4-6-9/h9-10H,1-8,12H2,(H,13,14)/t10-/m1/s1. The molecule has 0 radical (unpaired) electrons. The highest BCUT2D eigenvalue weighted by Crippen LogP contribution is 2.30. The average molecular weight is 199 g/mol. The van der Waals surface area contributed by atoms with Gasteiger partial charge in [0.25, 0.3) is 0 Å². The van der Waals surface area contributed by atoms with Crippen molar-refractivity contribution in [3.05, 3.63) is 0 Å². The van der Waals surface area contributed by atoms with E-state index >= 15 is 0 Å². The maximum absolute atomic E-state index is 10.6. The van der Waals surface area contributed by atoms with E-state index < -0.39 is 5.97 Å². The molecule has 1 atom stereocenters. The van der Waals surface area contributed by atoms with Crippen LogP contribution < -0.4 is 5.73 Å². The molecule has 0 aliphatic heterocycles. The summed E-state index contributed by atoms with van der Waals surface area (Å²) in [7, 11) is 0. The predicted octanol–water partition coefficient (Wildman–Crippen LogP) is 2.01. The minimum Gasteiger partial charge on any atom is -0.481 e. The molecule has 0 amide bonds. The smallest absolute Gasteiger partial charge is 0.303 e. The van der Waals surface area contributed by atoms with Crippen molar-refractivity contribution in [2.24, 2.45) is 17.6 Å². The number of rotatable bonds is 4. The Kier molecular flexibility index (Phi) is 4.94. The van der Waals surface area contributed by atoms with Gasteiger partial charge in [0, 0.05) is 6.42 Å². The van der Waals surface area contributed by atoms with Crippen molar-refractivity contribution in [2.45, 2.75) is 44.9 Å². The topological polar surface area (TPSA) is 63.3 Å². The molecule has 0 heterocycles. The molecule has 0 aromatic carbocycles. The fraction of sp³-hybridized carbons (Fsp3) is 0.909. The second-order valence-corrected chi connectivity index (χ2v) is 4.35. The molecule has 0 aromatic rings. The fourth-order valence-electron chi connectivity index (χ4n) is 2.45. The molecule has 3 N–H and O–H groups in total. The van der Waals surface area contributed by atoms with Crippen molar-refractivity contribution in [3.63, 3.8) is 0 Å². The first-order valence-corrected chi connectivity index (χ1v) is 5.66. The molecule has 0 saturated heterocycles. The molecule has 0 unspecified atom stereocenters. The maximum atomic E-state index is 10.6. The van der Waals surface area contributed by atoms with Crippen molar-refractivity contribution in [2.75, 3.05) is 6.54 Å². The van der Waals surface area contributed by atoms with Crippen LogP contribution in [0.2, 0.25) is 0 Å². The Morgan fingerprint density at radius 1 is 1.29 bits per heavy atom. The number of carbonyl (C=O) groups is 1. The highest BCUT2D eigenvalue weighted by atomic mass is 16.4. The van der Waals surface area contributed by atoms with Crippen molar-refractivity contribution < 1.29 is 9.90 Å². The molecule has 0 aromatic heterocycles. The first kappa shape index (κ1) is 11.5. The minimum atomic E-state index is -0.704. The molecule has 0 bridgehead atoms. The van der Waals surface area contributed by atoms with Crippen molar-refractivity contribution in [1.82, 2.24) is 0 Å². The number of aliphatic carboxylic acids is 1. The van der Waals surface area contributed by atoms with Gasteiger partial charge in [-0.3, -0.25) is 4.79 Å². The molecule has 1 fully saturated rings. The van der Waals surface area contributed by atoms with Gasteiger partial charge < -0.3 is 10.8 Å². The molecule has 1 aliphatic rings. The van der Waals surface area contributed by atoms with Crippen LogP contribution in [0.15, 0.2) is 0 Å². The SMILES string of the molecule is NC[C@@H](CC(=O)O)C1CCCCCC1. The van der Waals surface area contributed by atoms with E-state index in [9.17, 15) is 4.79 Å². The Bertz CT molecular complexity index is 174. The van der Waals surface area contributed by atoms with E-state index in [0.29, 0.717) is 12.5 Å². The van der Waals surface area contributed by atoms with Crippen LogP contribution in [0.4, 0.5) is 0 Å². The molecule has 1 saturated carbocycles. The zero-order chi connectivity index (χ0) is 10.4. The van der Waals surface area contributed by atoms with Gasteiger partial charge in [0.15, 0.2) is 0 Å². The van der Waals surface area contributed by atoms with Crippen molar-refractivity contribution >= 4 is 5.97 Å². The lowest BCUT2D eigenvalue weighted by molar-refractivity contribution is -0.138. The minimum absolute atomic E-state index is 0.200. The second kappa shape index (κ2) is 6.02. The van der Waals surface area contributed by atoms with E-state index in [1.807, 2.05) is 0 Å². The van der Waals surface area contributed by atoms with Gasteiger partial charge in [-0.25, -0.2) is 0 Å². The van der Waals surface area contributed by atoms with E-state index in [1.165, 1.54) is 38.5 Å². The van der Waals surface area contributed by atoms with Crippen LogP contribution in [0.3, 0.4) is 0 Å². The Hall–Kier alpha value is -0.570. The first-order chi connectivity index (χ1) is 6.74. The molecule has 14 heavy (non-hydrogen) atoms. The largest absolute Gasteiger partial charge is 0.481 e. The molecule has 1 aliphatic carbocycles. The third-order valence-electron chi connectivity index (χ3n) is 3.31. The zero-order valence-electron chi connectivity index (χ0n) is 8.74. The summed E-state index contributed by atoms with van der Waals surface area (Å²) >= 11 is 0. The van der Waals surface area contributed by atoms with Gasteiger partial charge in [-0.2, -0.15) is 0 Å². The average Bonchev–Trinajstić information content (AvgIpc) is 2.41. The first-order valence-electron chi connectivity index (χ1n) is 5.66. The summed E-state index contributed by atoms with van der Waals surface area (Å²) in [6.07, 6.45) is 7.72. The third kappa shape index (κ3) is 3.66. The van der Waals surface area contributed by atoms with Gasteiger partial charge in [-0.05, 0) is 18.4 Å². The summed E-state index contributed by atoms with van der Waals surface area (Å²) in [6.45, 7) is 0.525. The van der Waals surface area contributed by atoms with Crippen LogP contribution in [-0.4, -0.2) is 17.6 Å². The zero-order valence-corrected chi connectivity index (χ0v) is 8.74. The summed E-state index contributed by atoms with van der Waals surface area (Å²) in [5, 5.41) is 8.76. The van der Waals surface area contributed by atoms with Crippen LogP contribution in [0.5, 0.6) is 0 Å². The highest BCUT2D eigenvalue weighted by Gasteiger charge is 2.23. The lowest BCUT2D eigenvalue weighted by Crippen LogP contribution is -2.25. The van der Waals surface area contributed by atoms with E-state index in [2.05, 4.69) is 0 Å². The Morgan fingerprint density at radius 2 is 1.86 bits per heavy atom. The predicted molar refractivity (Wildman–Crippen MR) is 56.0 cm³/mol. The molecule has 3 heteroatoms. The lowest BCUT2D eigenvalue weighted by Gasteiger charge is -2.23. The molecular weight excluding hydrogens is 178 g/mol. The van der Waals surface area contributed by atoms with Crippen LogP contribution in [0.1, 0.15) is 44.9 Å². The maximum Gasteiger partial charge on any atom is 0.303 e. The van der Waals surface area contributed by atoms with Crippen LogP contribution in [0, 0.1) is 11.8 Å². The molecule has 3 nitrogen and oxygen atoms in total. The van der Waals surface area contributed by atoms with Gasteiger partial charge in [0.1, 0.15) is 0 Å². The fourth-order valence-corrected chi connectivity index (χ4v) is 2.45. The Morgan fingerprint density at radius 3 is 2.29 bits per heavy atom. The van der Waals surface area contributed by atoms with Crippen LogP contribution >= 0.6 is 0 Å². The van der Waals surface area contributed by atoms with Crippen LogP contribution in [0.25, 0.3) is 0 Å². The second-order valence-electron chi connectivity index (χ2n) is 4.35. The van der Waals surface area contributed by atoms with E-state index in [4.69, 9.17) is 10.8 Å². The van der Waals surface area contributed by atoms with Crippen molar-refractivity contribution in [3.8, 4) is 0 Å². The monoisotopic (exact) mass is 199 g/mol. The van der Waals surface area contributed by atoms with Crippen molar-refractivity contribution in [1.29, 1.82) is 0 Å². The summed E-state index contributed by atoms with van der Waals surface area (Å²) in [5.74, 6) is 0.0499. The number of carboxylic acids is 1. The summed E-state index contributed by atoms with van der Waals surface area (Å²) < 4.78 is 0. The normalized spacial score (nSPS) is 21.5. The Balaban J connectivity index is 2.44. The lowest BCUT2D eigenvalue weighted by atomic mass is 9.84. The summed E-state index contributed by atoms with van der Waals surface area (Å²) in [5.41, 5.74) is 5.64. The van der Waals surface area contributed by atoms with Gasteiger partial charge in [0.2, 0.25) is 0 Å². The van der Waals surface area contributed by atoms with Gasteiger partial charge in [-0.1, -0.05) is 38.5 Å². The summed E-state index contributed by atoms with van der Waals surface area (Å²) in [6, 6.07) is 0. The van der Waals surface area contributed by atoms with E-state index in [-0.39, 0.29) is 12.3 Å². The van der Waals surface area contributed by atoms with E-state index in [1.54, 1.807) is 0 Å². The highest BCUT2D eigenvalue weighted by molar-refractivity contribution is 5.67. The number of carboxylic acid groups (broad SMARTS) is 1. The molecular formula is C11H21NO2. The number of hydrogen-bond acceptors (Lipinski definition) is 2. The molecule has 0 spiro atoms. The Labute approximate surface area is 85.7 Å². The number of nitrogens with two attached hydrogens (primary N) is 1. The van der Waals surface area contributed by atoms with Gasteiger partial charge in [0.05, 0.1) is 0 Å². The third-order valence-corrected chi connectivity index (χ3v) is 3.31. The van der Waals surface area contributed by atoms with Crippen LogP contribution in [-0.2, 0) is 4.79 Å². The quantitative estimate of drug-likeness (QED) is 0.681. The summed E-state index contributed by atoms with van der Waals surface area (Å²) in [4.78, 5) is 10.6. The molecule has 82 valence electrons.